The first-order valence-corrected chi connectivity index (χ1v) is 13.0. The number of rotatable bonds is 9. The van der Waals surface area contributed by atoms with Gasteiger partial charge in [0, 0.05) is 42.2 Å². The van der Waals surface area contributed by atoms with Crippen molar-refractivity contribution in [2.75, 3.05) is 32.8 Å². The molecule has 0 bridgehead atoms. The molecule has 1 aliphatic rings. The molecule has 4 rings (SSSR count). The van der Waals surface area contributed by atoms with E-state index < -0.39 is 5.91 Å². The number of likely N-dealkylation sites (tertiary alicyclic amines) is 1. The highest BCUT2D eigenvalue weighted by Crippen LogP contribution is 2.28. The molecule has 0 unspecified atom stereocenters. The molecule has 0 radical (unpaired) electrons. The van der Waals surface area contributed by atoms with E-state index in [-0.39, 0.29) is 22.4 Å². The normalized spacial score (nSPS) is 14.1. The summed E-state index contributed by atoms with van der Waals surface area (Å²) < 4.78 is 11.2. The quantitative estimate of drug-likeness (QED) is 0.209. The average Bonchev–Trinajstić information content (AvgIpc) is 2.93. The number of hydrogen-bond acceptors (Lipinski definition) is 7. The van der Waals surface area contributed by atoms with E-state index in [4.69, 9.17) is 21.1 Å². The Hall–Kier alpha value is -3.82. The van der Waals surface area contributed by atoms with Crippen LogP contribution in [0.4, 0.5) is 4.79 Å². The van der Waals surface area contributed by atoms with Gasteiger partial charge >= 0.3 is 6.09 Å². The molecular formula is C28H31ClN4O5. The topological polar surface area (TPSA) is 112 Å². The standard InChI is InChI=1S/C28H31ClN4O5/c1-2-37-28(36)33-14-11-21(12-15-33)30-13-16-38-26-10-8-20(22-5-3-4-6-23(22)26)18-31-32-27(35)19-7-9-25(34)24(29)17-19/h3-10,17-18,21,30,34H,2,11-16H2,1H3,(H,32,35). The fourth-order valence-electron chi connectivity index (χ4n) is 4.31. The first-order chi connectivity index (χ1) is 18.5. The van der Waals surface area contributed by atoms with Crippen LogP contribution in [0.3, 0.4) is 0 Å². The molecule has 1 saturated heterocycles. The fraction of sp³-hybridized carbons (Fsp3) is 0.321. The zero-order valence-electron chi connectivity index (χ0n) is 21.2. The lowest BCUT2D eigenvalue weighted by atomic mass is 10.0. The Morgan fingerprint density at radius 1 is 1.13 bits per heavy atom. The second-order valence-electron chi connectivity index (χ2n) is 8.83. The molecule has 1 fully saturated rings. The van der Waals surface area contributed by atoms with Gasteiger partial charge in [0.15, 0.2) is 0 Å². The molecule has 10 heteroatoms. The number of halogens is 1. The highest BCUT2D eigenvalue weighted by atomic mass is 35.5. The minimum absolute atomic E-state index is 0.0902. The van der Waals surface area contributed by atoms with E-state index in [0.717, 1.165) is 34.9 Å². The highest BCUT2D eigenvalue weighted by Gasteiger charge is 2.23. The number of phenols is 1. The molecule has 0 spiro atoms. The van der Waals surface area contributed by atoms with Crippen LogP contribution in [0, 0.1) is 0 Å². The Morgan fingerprint density at radius 2 is 1.89 bits per heavy atom. The molecule has 0 atom stereocenters. The number of aromatic hydroxyl groups is 1. The maximum Gasteiger partial charge on any atom is 0.409 e. The van der Waals surface area contributed by atoms with Gasteiger partial charge in [0.05, 0.1) is 17.8 Å². The van der Waals surface area contributed by atoms with Crippen LogP contribution in [0.2, 0.25) is 5.02 Å². The van der Waals surface area contributed by atoms with E-state index in [9.17, 15) is 14.7 Å². The predicted molar refractivity (Wildman–Crippen MR) is 147 cm³/mol. The van der Waals surface area contributed by atoms with E-state index in [2.05, 4.69) is 15.8 Å². The van der Waals surface area contributed by atoms with Crippen molar-refractivity contribution in [1.82, 2.24) is 15.6 Å². The molecule has 0 aliphatic carbocycles. The molecular weight excluding hydrogens is 508 g/mol. The summed E-state index contributed by atoms with van der Waals surface area (Å²) in [6.45, 7) is 4.77. The fourth-order valence-corrected chi connectivity index (χ4v) is 4.49. The van der Waals surface area contributed by atoms with Gasteiger partial charge in [-0.15, -0.1) is 0 Å². The molecule has 3 N–H and O–H groups in total. The number of ether oxygens (including phenoxy) is 2. The van der Waals surface area contributed by atoms with Crippen LogP contribution in [0.15, 0.2) is 59.7 Å². The minimum atomic E-state index is -0.438. The van der Waals surface area contributed by atoms with Crippen molar-refractivity contribution in [3.05, 3.63) is 70.7 Å². The molecule has 0 saturated carbocycles. The molecule has 3 aromatic carbocycles. The van der Waals surface area contributed by atoms with Gasteiger partial charge in [0.2, 0.25) is 0 Å². The number of carbonyl (C=O) groups excluding carboxylic acids is 2. The van der Waals surface area contributed by atoms with E-state index in [1.165, 1.54) is 18.2 Å². The Labute approximate surface area is 226 Å². The third-order valence-electron chi connectivity index (χ3n) is 6.31. The first-order valence-electron chi connectivity index (χ1n) is 12.6. The van der Waals surface area contributed by atoms with Crippen molar-refractivity contribution < 1.29 is 24.2 Å². The van der Waals surface area contributed by atoms with Crippen molar-refractivity contribution in [3.8, 4) is 11.5 Å². The lowest BCUT2D eigenvalue weighted by Gasteiger charge is -2.31. The van der Waals surface area contributed by atoms with Gasteiger partial charge in [-0.25, -0.2) is 10.2 Å². The zero-order chi connectivity index (χ0) is 26.9. The van der Waals surface area contributed by atoms with Crippen molar-refractivity contribution in [3.63, 3.8) is 0 Å². The van der Waals surface area contributed by atoms with E-state index in [1.54, 1.807) is 11.1 Å². The summed E-state index contributed by atoms with van der Waals surface area (Å²) in [5, 5.41) is 19.1. The van der Waals surface area contributed by atoms with Gasteiger partial charge in [0.1, 0.15) is 18.1 Å². The minimum Gasteiger partial charge on any atom is -0.506 e. The second-order valence-corrected chi connectivity index (χ2v) is 9.23. The van der Waals surface area contributed by atoms with Crippen LogP contribution in [0.25, 0.3) is 10.8 Å². The van der Waals surface area contributed by atoms with Gasteiger partial charge in [-0.1, -0.05) is 35.9 Å². The molecule has 2 amide bonds. The monoisotopic (exact) mass is 538 g/mol. The number of phenolic OH excluding ortho intramolecular Hbond substituents is 1. The summed E-state index contributed by atoms with van der Waals surface area (Å²) in [6, 6.07) is 16.2. The number of benzene rings is 3. The van der Waals surface area contributed by atoms with Gasteiger partial charge in [0.25, 0.3) is 5.91 Å². The second kappa shape index (κ2) is 13.1. The molecule has 0 aromatic heterocycles. The Balaban J connectivity index is 1.30. The molecule has 9 nitrogen and oxygen atoms in total. The van der Waals surface area contributed by atoms with Crippen LogP contribution in [0.5, 0.6) is 11.5 Å². The maximum atomic E-state index is 12.3. The highest BCUT2D eigenvalue weighted by molar-refractivity contribution is 6.32. The van der Waals surface area contributed by atoms with Crippen LogP contribution >= 0.6 is 11.6 Å². The zero-order valence-corrected chi connectivity index (χ0v) is 21.9. The summed E-state index contributed by atoms with van der Waals surface area (Å²) in [5.74, 6) is 0.235. The maximum absolute atomic E-state index is 12.3. The van der Waals surface area contributed by atoms with Gasteiger partial charge < -0.3 is 24.8 Å². The largest absolute Gasteiger partial charge is 0.506 e. The van der Waals surface area contributed by atoms with Crippen molar-refractivity contribution >= 4 is 40.6 Å². The number of fused-ring (bicyclic) bond motifs is 1. The van der Waals surface area contributed by atoms with Gasteiger partial charge in [-0.05, 0) is 55.5 Å². The number of hydrazone groups is 1. The third kappa shape index (κ3) is 6.93. The van der Waals surface area contributed by atoms with Crippen molar-refractivity contribution in [2.24, 2.45) is 5.10 Å². The predicted octanol–water partition coefficient (Wildman–Crippen LogP) is 4.55. The number of amides is 2. The summed E-state index contributed by atoms with van der Waals surface area (Å²) in [7, 11) is 0. The van der Waals surface area contributed by atoms with E-state index >= 15 is 0 Å². The molecule has 3 aromatic rings. The van der Waals surface area contributed by atoms with Crippen LogP contribution < -0.4 is 15.5 Å². The average molecular weight is 539 g/mol. The number of carbonyl (C=O) groups is 2. The first kappa shape index (κ1) is 27.2. The lowest BCUT2D eigenvalue weighted by Crippen LogP contribution is -2.45. The van der Waals surface area contributed by atoms with E-state index in [0.29, 0.717) is 38.9 Å². The van der Waals surface area contributed by atoms with Crippen LogP contribution in [-0.4, -0.2) is 67.1 Å². The Kier molecular flexibility index (Phi) is 9.40. The van der Waals surface area contributed by atoms with Crippen LogP contribution in [-0.2, 0) is 4.74 Å². The lowest BCUT2D eigenvalue weighted by molar-refractivity contribution is 0.0943. The van der Waals surface area contributed by atoms with Gasteiger partial charge in [-0.2, -0.15) is 5.10 Å². The smallest absolute Gasteiger partial charge is 0.409 e. The SMILES string of the molecule is CCOC(=O)N1CCC(NCCOc2ccc(C=NNC(=O)c3ccc(O)c(Cl)c3)c3ccccc23)CC1. The number of hydrogen-bond donors (Lipinski definition) is 3. The van der Waals surface area contributed by atoms with Crippen LogP contribution in [0.1, 0.15) is 35.7 Å². The summed E-state index contributed by atoms with van der Waals surface area (Å²) in [6.07, 6.45) is 3.10. The molecule has 200 valence electrons. The number of nitrogens with one attached hydrogen (secondary N) is 2. The Bertz CT molecular complexity index is 1310. The number of piperidine rings is 1. The molecule has 38 heavy (non-hydrogen) atoms. The van der Waals surface area contributed by atoms with Gasteiger partial charge in [-0.3, -0.25) is 4.79 Å². The molecule has 1 aliphatic heterocycles. The third-order valence-corrected chi connectivity index (χ3v) is 6.61. The van der Waals surface area contributed by atoms with Crippen molar-refractivity contribution in [1.29, 1.82) is 0 Å². The Morgan fingerprint density at radius 3 is 2.63 bits per heavy atom. The molecule has 1 heterocycles. The summed E-state index contributed by atoms with van der Waals surface area (Å²) in [4.78, 5) is 25.9. The summed E-state index contributed by atoms with van der Waals surface area (Å²) in [5.41, 5.74) is 3.59. The number of nitrogens with zero attached hydrogens (tertiary/aromatic N) is 2. The van der Waals surface area contributed by atoms with Crippen molar-refractivity contribution in [2.45, 2.75) is 25.8 Å². The van der Waals surface area contributed by atoms with E-state index in [1.807, 2.05) is 43.3 Å². The summed E-state index contributed by atoms with van der Waals surface area (Å²) >= 11 is 5.88.